The van der Waals surface area contributed by atoms with Crippen molar-refractivity contribution in [2.75, 3.05) is 30.0 Å². The lowest BCUT2D eigenvalue weighted by Crippen LogP contribution is -2.44. The molecule has 1 fully saturated rings. The predicted octanol–water partition coefficient (Wildman–Crippen LogP) is 5.55. The molecule has 1 aliphatic carbocycles. The Bertz CT molecular complexity index is 921. The van der Waals surface area contributed by atoms with Gasteiger partial charge in [0.1, 0.15) is 17.2 Å². The van der Waals surface area contributed by atoms with Gasteiger partial charge in [0.05, 0.1) is 18.5 Å². The van der Waals surface area contributed by atoms with Crippen LogP contribution < -0.4 is 19.9 Å². The van der Waals surface area contributed by atoms with Gasteiger partial charge in [-0.3, -0.25) is 9.69 Å². The highest BCUT2D eigenvalue weighted by molar-refractivity contribution is 6.05. The fourth-order valence-electron chi connectivity index (χ4n) is 5.17. The van der Waals surface area contributed by atoms with Gasteiger partial charge in [0.15, 0.2) is 0 Å². The van der Waals surface area contributed by atoms with Gasteiger partial charge in [-0.2, -0.15) is 0 Å². The molecule has 7 heteroatoms. The predicted molar refractivity (Wildman–Crippen MR) is 136 cm³/mol. The summed E-state index contributed by atoms with van der Waals surface area (Å²) in [5.41, 5.74) is 1.11. The molecular weight excluding hydrogens is 430 g/mol. The number of nitrogens with zero attached hydrogens (tertiary/aromatic N) is 2. The number of rotatable bonds is 6. The summed E-state index contributed by atoms with van der Waals surface area (Å²) in [4.78, 5) is 29.9. The Morgan fingerprint density at radius 1 is 1.21 bits per heavy atom. The minimum Gasteiger partial charge on any atom is -0.497 e. The van der Waals surface area contributed by atoms with Crippen molar-refractivity contribution in [2.24, 2.45) is 23.7 Å². The molecule has 1 heterocycles. The molecule has 34 heavy (non-hydrogen) atoms. The lowest BCUT2D eigenvalue weighted by molar-refractivity contribution is -0.126. The van der Waals surface area contributed by atoms with E-state index in [0.717, 1.165) is 24.2 Å². The van der Waals surface area contributed by atoms with Crippen LogP contribution in [0, 0.1) is 23.7 Å². The molecule has 188 valence electrons. The van der Waals surface area contributed by atoms with Crippen LogP contribution >= 0.6 is 0 Å². The maximum absolute atomic E-state index is 14.0. The highest BCUT2D eigenvalue weighted by Crippen LogP contribution is 2.46. The molecule has 1 N–H and O–H groups in total. The van der Waals surface area contributed by atoms with Crippen LogP contribution in [0.5, 0.6) is 5.75 Å². The van der Waals surface area contributed by atoms with E-state index in [1.807, 2.05) is 43.9 Å². The average Bonchev–Trinajstić information content (AvgIpc) is 3.02. The smallest absolute Gasteiger partial charge is 0.407 e. The van der Waals surface area contributed by atoms with E-state index in [1.165, 1.54) is 6.42 Å². The molecule has 2 aliphatic rings. The van der Waals surface area contributed by atoms with E-state index in [0.29, 0.717) is 42.4 Å². The summed E-state index contributed by atoms with van der Waals surface area (Å²) in [6, 6.07) is 5.72. The monoisotopic (exact) mass is 471 g/mol. The number of amides is 2. The number of hydrogen-bond acceptors (Lipinski definition) is 5. The Morgan fingerprint density at radius 2 is 1.91 bits per heavy atom. The Labute approximate surface area is 204 Å². The number of carbonyl (C=O) groups is 2. The van der Waals surface area contributed by atoms with Gasteiger partial charge < -0.3 is 19.7 Å². The van der Waals surface area contributed by atoms with Crippen LogP contribution in [0.1, 0.15) is 60.8 Å². The van der Waals surface area contributed by atoms with Crippen LogP contribution in [0.3, 0.4) is 0 Å². The van der Waals surface area contributed by atoms with Crippen LogP contribution in [0.25, 0.3) is 0 Å². The summed E-state index contributed by atoms with van der Waals surface area (Å²) >= 11 is 0. The Morgan fingerprint density at radius 3 is 2.53 bits per heavy atom. The largest absolute Gasteiger partial charge is 0.497 e. The van der Waals surface area contributed by atoms with Crippen LogP contribution in [0.15, 0.2) is 30.6 Å². The number of methoxy groups -OCH3 is 1. The molecule has 2 amide bonds. The molecule has 0 unspecified atom stereocenters. The lowest BCUT2D eigenvalue weighted by Gasteiger charge is -2.38. The van der Waals surface area contributed by atoms with Crippen molar-refractivity contribution in [1.82, 2.24) is 5.32 Å². The number of fused-ring (bicyclic) bond motifs is 1. The van der Waals surface area contributed by atoms with Crippen molar-refractivity contribution < 1.29 is 19.1 Å². The average molecular weight is 472 g/mol. The molecule has 1 aromatic rings. The summed E-state index contributed by atoms with van der Waals surface area (Å²) in [6.07, 6.45) is 2.68. The number of nitrogens with one attached hydrogen (secondary N) is 1. The first-order valence-corrected chi connectivity index (χ1v) is 12.4. The number of carbonyl (C=O) groups excluding carboxylic acids is 2. The molecule has 1 aromatic carbocycles. The van der Waals surface area contributed by atoms with E-state index in [2.05, 4.69) is 32.7 Å². The third-order valence-electron chi connectivity index (χ3n) is 6.85. The Balaban J connectivity index is 1.83. The summed E-state index contributed by atoms with van der Waals surface area (Å²) in [6.45, 7) is 17.3. The van der Waals surface area contributed by atoms with Crippen molar-refractivity contribution in [3.8, 4) is 5.75 Å². The summed E-state index contributed by atoms with van der Waals surface area (Å²) in [7, 11) is 1.62. The number of benzene rings is 1. The maximum atomic E-state index is 14.0. The van der Waals surface area contributed by atoms with Crippen LogP contribution in [0.4, 0.5) is 16.2 Å². The first kappa shape index (κ1) is 25.9. The van der Waals surface area contributed by atoms with E-state index < -0.39 is 11.7 Å². The fraction of sp³-hybridized carbons (Fsp3) is 0.630. The second-order valence-corrected chi connectivity index (χ2v) is 11.0. The van der Waals surface area contributed by atoms with E-state index in [4.69, 9.17) is 9.47 Å². The van der Waals surface area contributed by atoms with Gasteiger partial charge >= 0.3 is 6.09 Å². The molecule has 0 bridgehead atoms. The highest BCUT2D eigenvalue weighted by Gasteiger charge is 2.42. The van der Waals surface area contributed by atoms with E-state index >= 15 is 0 Å². The van der Waals surface area contributed by atoms with E-state index in [9.17, 15) is 9.59 Å². The third-order valence-corrected chi connectivity index (χ3v) is 6.85. The summed E-state index contributed by atoms with van der Waals surface area (Å²) < 4.78 is 10.8. The standard InChI is InChI=1S/C27H41N3O4/c1-17(2)21-11-9-18(3)15-22(21)25(31)30-19(4)29(14-13-28-26(32)34-27(5,6)7)24-16-20(33-8)10-12-23(24)30/h10,12,16-18,21-22H,4,9,11,13-15H2,1-3,5-8H3,(H,28,32)/t18-,21+,22-/m1/s1. The fourth-order valence-corrected chi connectivity index (χ4v) is 5.17. The van der Waals surface area contributed by atoms with Gasteiger partial charge in [-0.05, 0) is 63.5 Å². The number of hydrogen-bond donors (Lipinski definition) is 1. The molecule has 0 radical (unpaired) electrons. The normalized spacial score (nSPS) is 22.6. The molecule has 1 saturated carbocycles. The molecule has 0 aromatic heterocycles. The lowest BCUT2D eigenvalue weighted by atomic mass is 9.69. The Hall–Kier alpha value is -2.70. The Kier molecular flexibility index (Phi) is 7.84. The first-order chi connectivity index (χ1) is 15.9. The molecule has 7 nitrogen and oxygen atoms in total. The van der Waals surface area contributed by atoms with Gasteiger partial charge in [0.25, 0.3) is 0 Å². The molecule has 3 atom stereocenters. The van der Waals surface area contributed by atoms with Gasteiger partial charge in [-0.15, -0.1) is 0 Å². The van der Waals surface area contributed by atoms with Crippen molar-refractivity contribution in [3.05, 3.63) is 30.6 Å². The number of anilines is 2. The maximum Gasteiger partial charge on any atom is 0.407 e. The summed E-state index contributed by atoms with van der Waals surface area (Å²) in [5, 5.41) is 2.80. The van der Waals surface area contributed by atoms with Crippen molar-refractivity contribution >= 4 is 23.4 Å². The van der Waals surface area contributed by atoms with Crippen molar-refractivity contribution in [1.29, 1.82) is 0 Å². The summed E-state index contributed by atoms with van der Waals surface area (Å²) in [5.74, 6) is 2.74. The van der Waals surface area contributed by atoms with Gasteiger partial charge in [-0.25, -0.2) is 4.79 Å². The third kappa shape index (κ3) is 5.68. The quantitative estimate of drug-likeness (QED) is 0.589. The van der Waals surface area contributed by atoms with Gasteiger partial charge in [0.2, 0.25) is 5.91 Å². The second-order valence-electron chi connectivity index (χ2n) is 11.0. The van der Waals surface area contributed by atoms with Crippen LogP contribution in [-0.4, -0.2) is 37.8 Å². The van der Waals surface area contributed by atoms with Crippen molar-refractivity contribution in [3.63, 3.8) is 0 Å². The zero-order valence-corrected chi connectivity index (χ0v) is 21.8. The zero-order valence-electron chi connectivity index (χ0n) is 21.8. The van der Waals surface area contributed by atoms with E-state index in [1.54, 1.807) is 12.0 Å². The van der Waals surface area contributed by atoms with Crippen LogP contribution in [0.2, 0.25) is 0 Å². The SMILES string of the molecule is C=C1N(CCNC(=O)OC(C)(C)C)c2cc(OC)ccc2N1C(=O)[C@@H]1C[C@H](C)CC[C@H]1C(C)C. The number of alkyl carbamates (subject to hydrolysis) is 1. The van der Waals surface area contributed by atoms with E-state index in [-0.39, 0.29) is 11.8 Å². The molecule has 3 rings (SSSR count). The molecular formula is C27H41N3O4. The van der Waals surface area contributed by atoms with Crippen LogP contribution in [-0.2, 0) is 9.53 Å². The first-order valence-electron chi connectivity index (χ1n) is 12.4. The minimum atomic E-state index is -0.561. The topological polar surface area (TPSA) is 71.1 Å². The minimum absolute atomic E-state index is 0.0321. The number of ether oxygens (including phenoxy) is 2. The second kappa shape index (κ2) is 10.3. The highest BCUT2D eigenvalue weighted by atomic mass is 16.6. The molecule has 1 aliphatic heterocycles. The van der Waals surface area contributed by atoms with Gasteiger partial charge in [-0.1, -0.05) is 33.8 Å². The molecule has 0 saturated heterocycles. The van der Waals surface area contributed by atoms with Gasteiger partial charge in [0, 0.05) is 25.1 Å². The van der Waals surface area contributed by atoms with Crippen molar-refractivity contribution in [2.45, 2.75) is 66.4 Å². The zero-order chi connectivity index (χ0) is 25.2. The molecule has 0 spiro atoms.